The van der Waals surface area contributed by atoms with Gasteiger partial charge < -0.3 is 10.2 Å². The second kappa shape index (κ2) is 7.15. The van der Waals surface area contributed by atoms with E-state index in [9.17, 15) is 4.79 Å². The van der Waals surface area contributed by atoms with Crippen molar-refractivity contribution in [3.63, 3.8) is 0 Å². The molecule has 0 aromatic carbocycles. The number of halogens is 2. The number of hydrogen-bond acceptors (Lipinski definition) is 4. The molecule has 0 bridgehead atoms. The van der Waals surface area contributed by atoms with Crippen LogP contribution < -0.4 is 10.2 Å². The molecule has 1 N–H and O–H groups in total. The van der Waals surface area contributed by atoms with Crippen LogP contribution in [0.25, 0.3) is 0 Å². The van der Waals surface area contributed by atoms with E-state index in [1.807, 2.05) is 6.07 Å². The Morgan fingerprint density at radius 3 is 2.70 bits per heavy atom. The normalized spacial score (nSPS) is 14.6. The number of anilines is 2. The van der Waals surface area contributed by atoms with E-state index in [0.717, 1.165) is 31.7 Å². The smallest absolute Gasteiger partial charge is 0.257 e. The molecular weight excluding hydrogens is 335 g/mol. The zero-order chi connectivity index (χ0) is 16.2. The highest BCUT2D eigenvalue weighted by Crippen LogP contribution is 2.27. The average molecular weight is 351 g/mol. The predicted molar refractivity (Wildman–Crippen MR) is 92.5 cm³/mol. The van der Waals surface area contributed by atoms with Crippen LogP contribution in [0.5, 0.6) is 0 Å². The van der Waals surface area contributed by atoms with Crippen molar-refractivity contribution in [2.24, 2.45) is 0 Å². The van der Waals surface area contributed by atoms with Crippen LogP contribution in [0.15, 0.2) is 30.6 Å². The average Bonchev–Trinajstić information content (AvgIpc) is 2.58. The van der Waals surface area contributed by atoms with Gasteiger partial charge >= 0.3 is 0 Å². The molecule has 3 heterocycles. The summed E-state index contributed by atoms with van der Waals surface area (Å²) in [6, 6.07) is 5.15. The van der Waals surface area contributed by atoms with Crippen LogP contribution in [0.2, 0.25) is 10.2 Å². The highest BCUT2D eigenvalue weighted by atomic mass is 35.5. The van der Waals surface area contributed by atoms with E-state index in [2.05, 4.69) is 20.2 Å². The Hall–Kier alpha value is -1.85. The number of aromatic nitrogens is 2. The number of carbonyl (C=O) groups excluding carboxylic acids is 1. The molecule has 0 aliphatic carbocycles. The summed E-state index contributed by atoms with van der Waals surface area (Å²) in [7, 11) is 0. The van der Waals surface area contributed by atoms with Crippen molar-refractivity contribution in [2.45, 2.75) is 19.3 Å². The molecule has 7 heteroatoms. The van der Waals surface area contributed by atoms with Gasteiger partial charge in [-0.1, -0.05) is 23.2 Å². The first-order valence-corrected chi connectivity index (χ1v) is 8.23. The number of rotatable bonds is 3. The van der Waals surface area contributed by atoms with E-state index in [4.69, 9.17) is 23.2 Å². The molecule has 0 unspecified atom stereocenters. The zero-order valence-electron chi connectivity index (χ0n) is 12.4. The van der Waals surface area contributed by atoms with Gasteiger partial charge in [-0.25, -0.2) is 9.97 Å². The summed E-state index contributed by atoms with van der Waals surface area (Å²) in [5.41, 5.74) is 1.04. The molecule has 1 aliphatic heterocycles. The van der Waals surface area contributed by atoms with Gasteiger partial charge in [-0.05, 0) is 37.5 Å². The van der Waals surface area contributed by atoms with Crippen LogP contribution in [-0.4, -0.2) is 29.0 Å². The second-order valence-electron chi connectivity index (χ2n) is 5.37. The molecule has 5 nitrogen and oxygen atoms in total. The third-order valence-electron chi connectivity index (χ3n) is 3.75. The number of hydrogen-bond donors (Lipinski definition) is 1. The summed E-state index contributed by atoms with van der Waals surface area (Å²) in [5.74, 6) is 0.510. The number of nitrogens with zero attached hydrogens (tertiary/aromatic N) is 3. The minimum atomic E-state index is -0.290. The van der Waals surface area contributed by atoms with E-state index >= 15 is 0 Å². The van der Waals surface area contributed by atoms with Gasteiger partial charge in [0.2, 0.25) is 0 Å². The Labute approximate surface area is 144 Å². The van der Waals surface area contributed by atoms with Gasteiger partial charge in [0.25, 0.3) is 5.91 Å². The molecular formula is C16H16Cl2N4O. The lowest BCUT2D eigenvalue weighted by Crippen LogP contribution is -2.31. The van der Waals surface area contributed by atoms with Crippen LogP contribution in [0.1, 0.15) is 29.6 Å². The Bertz CT molecular complexity index is 717. The number of piperidine rings is 1. The summed E-state index contributed by atoms with van der Waals surface area (Å²) in [6.45, 7) is 1.91. The first kappa shape index (κ1) is 16.0. The minimum absolute atomic E-state index is 0.179. The predicted octanol–water partition coefficient (Wildman–Crippen LogP) is 4.03. The number of carbonyl (C=O) groups is 1. The molecule has 3 rings (SSSR count). The van der Waals surface area contributed by atoms with Gasteiger partial charge in [0.1, 0.15) is 5.15 Å². The second-order valence-corrected chi connectivity index (χ2v) is 6.14. The van der Waals surface area contributed by atoms with Crippen molar-refractivity contribution in [2.75, 3.05) is 23.3 Å². The molecule has 2 aromatic heterocycles. The van der Waals surface area contributed by atoms with Crippen LogP contribution in [-0.2, 0) is 0 Å². The number of pyridine rings is 2. The molecule has 1 aliphatic rings. The van der Waals surface area contributed by atoms with E-state index in [1.54, 1.807) is 12.3 Å². The monoisotopic (exact) mass is 350 g/mol. The quantitative estimate of drug-likeness (QED) is 0.849. The molecule has 2 aromatic rings. The third-order valence-corrected chi connectivity index (χ3v) is 4.43. The summed E-state index contributed by atoms with van der Waals surface area (Å²) >= 11 is 11.7. The fraction of sp³-hybridized carbons (Fsp3) is 0.312. The van der Waals surface area contributed by atoms with Crippen molar-refractivity contribution in [1.29, 1.82) is 0 Å². The standard InChI is InChI=1S/C16H16Cl2N4O/c17-12-9-11(10-20-14(12)18)16(23)21-13-5-4-6-19-15(13)22-7-2-1-3-8-22/h4-6,9-10H,1-3,7-8H2,(H,21,23). The fourth-order valence-corrected chi connectivity index (χ4v) is 2.86. The Morgan fingerprint density at radius 2 is 1.96 bits per heavy atom. The van der Waals surface area contributed by atoms with Crippen molar-refractivity contribution >= 4 is 40.6 Å². The van der Waals surface area contributed by atoms with Gasteiger partial charge in [-0.15, -0.1) is 0 Å². The topological polar surface area (TPSA) is 58.1 Å². The van der Waals surface area contributed by atoms with Crippen LogP contribution >= 0.6 is 23.2 Å². The third kappa shape index (κ3) is 3.74. The van der Waals surface area contributed by atoms with E-state index in [1.165, 1.54) is 18.7 Å². The van der Waals surface area contributed by atoms with Gasteiger partial charge in [0, 0.05) is 25.5 Å². The summed E-state index contributed by atoms with van der Waals surface area (Å²) in [6.07, 6.45) is 6.65. The van der Waals surface area contributed by atoms with Gasteiger partial charge in [-0.2, -0.15) is 0 Å². The lowest BCUT2D eigenvalue weighted by Gasteiger charge is -2.29. The summed E-state index contributed by atoms with van der Waals surface area (Å²) in [4.78, 5) is 22.9. The lowest BCUT2D eigenvalue weighted by atomic mass is 10.1. The maximum atomic E-state index is 12.4. The largest absolute Gasteiger partial charge is 0.355 e. The number of amides is 1. The lowest BCUT2D eigenvalue weighted by molar-refractivity contribution is 0.102. The van der Waals surface area contributed by atoms with Crippen LogP contribution in [0.3, 0.4) is 0 Å². The van der Waals surface area contributed by atoms with Gasteiger partial charge in [0.05, 0.1) is 16.3 Å². The Morgan fingerprint density at radius 1 is 1.17 bits per heavy atom. The highest BCUT2D eigenvalue weighted by Gasteiger charge is 2.17. The van der Waals surface area contributed by atoms with Crippen molar-refractivity contribution < 1.29 is 4.79 Å². The Balaban J connectivity index is 1.82. The molecule has 0 spiro atoms. The number of nitrogens with one attached hydrogen (secondary N) is 1. The summed E-state index contributed by atoms with van der Waals surface area (Å²) < 4.78 is 0. The van der Waals surface area contributed by atoms with Crippen molar-refractivity contribution in [3.8, 4) is 0 Å². The van der Waals surface area contributed by atoms with E-state index in [-0.39, 0.29) is 16.1 Å². The maximum absolute atomic E-state index is 12.4. The van der Waals surface area contributed by atoms with E-state index < -0.39 is 0 Å². The van der Waals surface area contributed by atoms with Crippen LogP contribution in [0, 0.1) is 0 Å². The molecule has 1 amide bonds. The molecule has 0 saturated carbocycles. The molecule has 0 atom stereocenters. The zero-order valence-corrected chi connectivity index (χ0v) is 13.9. The van der Waals surface area contributed by atoms with Gasteiger partial charge in [0.15, 0.2) is 5.82 Å². The van der Waals surface area contributed by atoms with Crippen LogP contribution in [0.4, 0.5) is 11.5 Å². The Kier molecular flexibility index (Phi) is 4.98. The van der Waals surface area contributed by atoms with Gasteiger partial charge in [-0.3, -0.25) is 4.79 Å². The molecule has 1 fully saturated rings. The molecule has 1 saturated heterocycles. The molecule has 23 heavy (non-hydrogen) atoms. The maximum Gasteiger partial charge on any atom is 0.257 e. The minimum Gasteiger partial charge on any atom is -0.355 e. The first-order chi connectivity index (χ1) is 11.1. The van der Waals surface area contributed by atoms with Crippen molar-refractivity contribution in [3.05, 3.63) is 46.3 Å². The summed E-state index contributed by atoms with van der Waals surface area (Å²) in [5, 5.41) is 3.32. The highest BCUT2D eigenvalue weighted by molar-refractivity contribution is 6.41. The first-order valence-electron chi connectivity index (χ1n) is 7.47. The molecule has 0 radical (unpaired) electrons. The van der Waals surface area contributed by atoms with Crippen molar-refractivity contribution in [1.82, 2.24) is 9.97 Å². The fourth-order valence-electron chi connectivity index (χ4n) is 2.59. The molecule has 120 valence electrons. The van der Waals surface area contributed by atoms with E-state index in [0.29, 0.717) is 11.3 Å². The SMILES string of the molecule is O=C(Nc1cccnc1N1CCCCC1)c1cnc(Cl)c(Cl)c1.